The van der Waals surface area contributed by atoms with Crippen LogP contribution >= 0.6 is 0 Å². The third-order valence-electron chi connectivity index (χ3n) is 3.86. The predicted molar refractivity (Wildman–Crippen MR) is 73.2 cm³/mol. The van der Waals surface area contributed by atoms with Crippen molar-refractivity contribution in [2.45, 2.75) is 26.3 Å². The Morgan fingerprint density at radius 1 is 1.41 bits per heavy atom. The van der Waals surface area contributed by atoms with E-state index < -0.39 is 0 Å². The molecule has 1 aromatic carbocycles. The topological polar surface area (TPSA) is 15.3 Å². The first kappa shape index (κ1) is 12.6. The summed E-state index contributed by atoms with van der Waals surface area (Å²) in [7, 11) is 2.21. The molecule has 0 amide bonds. The number of nitrogens with zero attached hydrogens (tertiary/aromatic N) is 1. The second kappa shape index (κ2) is 5.65. The molecule has 1 aliphatic rings. The minimum absolute atomic E-state index is 0.460. The van der Waals surface area contributed by atoms with Gasteiger partial charge in [-0.1, -0.05) is 24.3 Å². The van der Waals surface area contributed by atoms with Crippen molar-refractivity contribution >= 4 is 0 Å². The SMILES string of the molecule is Cc1ccccc1C(C)NCC1CCN(C)C1. The van der Waals surface area contributed by atoms with Crippen LogP contribution in [0.15, 0.2) is 24.3 Å². The monoisotopic (exact) mass is 232 g/mol. The van der Waals surface area contributed by atoms with Crippen molar-refractivity contribution < 1.29 is 0 Å². The molecule has 2 atom stereocenters. The van der Waals surface area contributed by atoms with E-state index >= 15 is 0 Å². The molecule has 94 valence electrons. The second-order valence-electron chi connectivity index (χ2n) is 5.40. The Labute approximate surface area is 105 Å². The van der Waals surface area contributed by atoms with E-state index in [1.54, 1.807) is 0 Å². The second-order valence-corrected chi connectivity index (χ2v) is 5.40. The number of nitrogens with one attached hydrogen (secondary N) is 1. The van der Waals surface area contributed by atoms with Gasteiger partial charge in [0.2, 0.25) is 0 Å². The minimum atomic E-state index is 0.460. The maximum Gasteiger partial charge on any atom is 0.0294 e. The first-order valence-corrected chi connectivity index (χ1v) is 6.64. The molecule has 1 fully saturated rings. The zero-order chi connectivity index (χ0) is 12.3. The highest BCUT2D eigenvalue weighted by Gasteiger charge is 2.19. The van der Waals surface area contributed by atoms with E-state index in [4.69, 9.17) is 0 Å². The third-order valence-corrected chi connectivity index (χ3v) is 3.86. The van der Waals surface area contributed by atoms with E-state index in [2.05, 4.69) is 55.4 Å². The summed E-state index contributed by atoms with van der Waals surface area (Å²) < 4.78 is 0. The van der Waals surface area contributed by atoms with Crippen molar-refractivity contribution in [1.29, 1.82) is 0 Å². The maximum absolute atomic E-state index is 3.68. The summed E-state index contributed by atoms with van der Waals surface area (Å²) in [6.07, 6.45) is 1.34. The number of hydrogen-bond donors (Lipinski definition) is 1. The summed E-state index contributed by atoms with van der Waals surface area (Å²) in [5, 5.41) is 3.68. The Bertz CT molecular complexity index is 362. The van der Waals surface area contributed by atoms with Gasteiger partial charge in [-0.2, -0.15) is 0 Å². The first-order valence-electron chi connectivity index (χ1n) is 6.64. The van der Waals surface area contributed by atoms with Crippen LogP contribution in [0.5, 0.6) is 0 Å². The van der Waals surface area contributed by atoms with Gasteiger partial charge in [-0.15, -0.1) is 0 Å². The normalized spacial score (nSPS) is 22.9. The van der Waals surface area contributed by atoms with Crippen molar-refractivity contribution in [3.8, 4) is 0 Å². The van der Waals surface area contributed by atoms with Gasteiger partial charge in [0.1, 0.15) is 0 Å². The van der Waals surface area contributed by atoms with Crippen molar-refractivity contribution in [2.75, 3.05) is 26.7 Å². The van der Waals surface area contributed by atoms with Gasteiger partial charge in [-0.3, -0.25) is 0 Å². The smallest absolute Gasteiger partial charge is 0.0294 e. The highest BCUT2D eigenvalue weighted by Crippen LogP contribution is 2.18. The minimum Gasteiger partial charge on any atom is -0.310 e. The van der Waals surface area contributed by atoms with Crippen LogP contribution in [0.1, 0.15) is 30.5 Å². The molecule has 0 aromatic heterocycles. The highest BCUT2D eigenvalue weighted by atomic mass is 15.1. The van der Waals surface area contributed by atoms with Crippen molar-refractivity contribution in [2.24, 2.45) is 5.92 Å². The van der Waals surface area contributed by atoms with E-state index in [1.807, 2.05) is 0 Å². The zero-order valence-corrected chi connectivity index (χ0v) is 11.2. The average molecular weight is 232 g/mol. The van der Waals surface area contributed by atoms with Crippen LogP contribution in [0.3, 0.4) is 0 Å². The van der Waals surface area contributed by atoms with Gasteiger partial charge in [0.25, 0.3) is 0 Å². The molecule has 17 heavy (non-hydrogen) atoms. The summed E-state index contributed by atoms with van der Waals surface area (Å²) in [5.41, 5.74) is 2.81. The van der Waals surface area contributed by atoms with Crippen LogP contribution in [0.4, 0.5) is 0 Å². The van der Waals surface area contributed by atoms with Crippen molar-refractivity contribution in [1.82, 2.24) is 10.2 Å². The highest BCUT2D eigenvalue weighted by molar-refractivity contribution is 5.28. The number of likely N-dealkylation sites (tertiary alicyclic amines) is 1. The van der Waals surface area contributed by atoms with Crippen LogP contribution < -0.4 is 5.32 Å². The molecule has 1 aromatic rings. The molecule has 2 unspecified atom stereocenters. The lowest BCUT2D eigenvalue weighted by Gasteiger charge is -2.19. The molecule has 0 spiro atoms. The fourth-order valence-electron chi connectivity index (χ4n) is 2.72. The fraction of sp³-hybridized carbons (Fsp3) is 0.600. The fourth-order valence-corrected chi connectivity index (χ4v) is 2.72. The summed E-state index contributed by atoms with van der Waals surface area (Å²) in [4.78, 5) is 2.42. The number of aryl methyl sites for hydroxylation is 1. The van der Waals surface area contributed by atoms with Gasteiger partial charge in [0.05, 0.1) is 0 Å². The van der Waals surface area contributed by atoms with E-state index in [-0.39, 0.29) is 0 Å². The molecule has 1 N–H and O–H groups in total. The maximum atomic E-state index is 3.68. The Kier molecular flexibility index (Phi) is 4.19. The van der Waals surface area contributed by atoms with E-state index in [0.717, 1.165) is 12.5 Å². The van der Waals surface area contributed by atoms with Crippen LogP contribution in [0.25, 0.3) is 0 Å². The summed E-state index contributed by atoms with van der Waals surface area (Å²) in [5.74, 6) is 0.825. The molecule has 1 saturated heterocycles. The summed E-state index contributed by atoms with van der Waals surface area (Å²) >= 11 is 0. The lowest BCUT2D eigenvalue weighted by Crippen LogP contribution is -2.27. The van der Waals surface area contributed by atoms with Gasteiger partial charge in [0.15, 0.2) is 0 Å². The quantitative estimate of drug-likeness (QED) is 0.858. The Morgan fingerprint density at radius 2 is 2.18 bits per heavy atom. The van der Waals surface area contributed by atoms with Gasteiger partial charge in [0, 0.05) is 12.6 Å². The zero-order valence-electron chi connectivity index (χ0n) is 11.2. The van der Waals surface area contributed by atoms with E-state index in [0.29, 0.717) is 6.04 Å². The predicted octanol–water partition coefficient (Wildman–Crippen LogP) is 2.60. The molecule has 0 aliphatic carbocycles. The molecule has 2 nitrogen and oxygen atoms in total. The Hall–Kier alpha value is -0.860. The standard InChI is InChI=1S/C15H24N2/c1-12-6-4-5-7-15(12)13(2)16-10-14-8-9-17(3)11-14/h4-7,13-14,16H,8-11H2,1-3H3. The Morgan fingerprint density at radius 3 is 2.82 bits per heavy atom. The summed E-state index contributed by atoms with van der Waals surface area (Å²) in [6.45, 7) is 8.09. The molecule has 0 saturated carbocycles. The van der Waals surface area contributed by atoms with Crippen LogP contribution in [-0.4, -0.2) is 31.6 Å². The van der Waals surface area contributed by atoms with Gasteiger partial charge >= 0.3 is 0 Å². The lowest BCUT2D eigenvalue weighted by atomic mass is 10.0. The van der Waals surface area contributed by atoms with Gasteiger partial charge in [-0.25, -0.2) is 0 Å². The van der Waals surface area contributed by atoms with E-state index in [9.17, 15) is 0 Å². The first-order chi connectivity index (χ1) is 8.16. The third kappa shape index (κ3) is 3.30. The molecule has 1 aliphatic heterocycles. The lowest BCUT2D eigenvalue weighted by molar-refractivity contribution is 0.382. The number of hydrogen-bond acceptors (Lipinski definition) is 2. The van der Waals surface area contributed by atoms with E-state index in [1.165, 1.54) is 30.6 Å². The van der Waals surface area contributed by atoms with Gasteiger partial charge < -0.3 is 10.2 Å². The van der Waals surface area contributed by atoms with Gasteiger partial charge in [-0.05, 0) is 57.5 Å². The average Bonchev–Trinajstić information content (AvgIpc) is 2.73. The summed E-state index contributed by atoms with van der Waals surface area (Å²) in [6, 6.07) is 9.12. The number of rotatable bonds is 4. The van der Waals surface area contributed by atoms with Crippen LogP contribution in [-0.2, 0) is 0 Å². The molecule has 1 heterocycles. The largest absolute Gasteiger partial charge is 0.310 e. The Balaban J connectivity index is 1.85. The molecule has 0 bridgehead atoms. The molecule has 0 radical (unpaired) electrons. The molecular weight excluding hydrogens is 208 g/mol. The van der Waals surface area contributed by atoms with Crippen molar-refractivity contribution in [3.63, 3.8) is 0 Å². The molecule has 2 heteroatoms. The van der Waals surface area contributed by atoms with Crippen LogP contribution in [0.2, 0.25) is 0 Å². The molecule has 2 rings (SSSR count). The van der Waals surface area contributed by atoms with Crippen LogP contribution in [0, 0.1) is 12.8 Å². The number of benzene rings is 1. The molecular formula is C15H24N2. The van der Waals surface area contributed by atoms with Crippen molar-refractivity contribution in [3.05, 3.63) is 35.4 Å².